The molecule has 2 rings (SSSR count). The second-order valence-electron chi connectivity index (χ2n) is 5.70. The number of benzene rings is 1. The fourth-order valence-electron chi connectivity index (χ4n) is 2.83. The van der Waals surface area contributed by atoms with Crippen LogP contribution in [-0.2, 0) is 0 Å². The van der Waals surface area contributed by atoms with Gasteiger partial charge < -0.3 is 10.6 Å². The zero-order chi connectivity index (χ0) is 14.7. The molecular weight excluding hydrogens is 248 g/mol. The summed E-state index contributed by atoms with van der Waals surface area (Å²) in [7, 11) is 0. The number of nitrogens with two attached hydrogens (primary N) is 1. The van der Waals surface area contributed by atoms with Crippen LogP contribution in [0.3, 0.4) is 0 Å². The third-order valence-electron chi connectivity index (χ3n) is 3.78. The Morgan fingerprint density at radius 2 is 2.20 bits per heavy atom. The fraction of sp³-hybridized carbons (Fsp3) is 0.471. The van der Waals surface area contributed by atoms with Gasteiger partial charge >= 0.3 is 0 Å². The summed E-state index contributed by atoms with van der Waals surface area (Å²) in [5, 5.41) is 0. The van der Waals surface area contributed by atoms with Crippen molar-refractivity contribution in [2.75, 3.05) is 13.1 Å². The van der Waals surface area contributed by atoms with E-state index < -0.39 is 0 Å². The van der Waals surface area contributed by atoms with Crippen LogP contribution in [0.1, 0.15) is 41.8 Å². The van der Waals surface area contributed by atoms with Gasteiger partial charge in [0.15, 0.2) is 0 Å². The first-order valence-electron chi connectivity index (χ1n) is 7.13. The van der Waals surface area contributed by atoms with E-state index in [1.54, 1.807) is 0 Å². The highest BCUT2D eigenvalue weighted by Gasteiger charge is 2.31. The quantitative estimate of drug-likeness (QED) is 0.795. The molecule has 0 aromatic heterocycles. The molecule has 1 aliphatic rings. The molecule has 0 bridgehead atoms. The molecular formula is C17H22N2O. The topological polar surface area (TPSA) is 46.3 Å². The minimum atomic E-state index is 0.0863. The van der Waals surface area contributed by atoms with Gasteiger partial charge in [-0.15, -0.1) is 0 Å². The van der Waals surface area contributed by atoms with Crippen molar-refractivity contribution < 1.29 is 4.79 Å². The second kappa shape index (κ2) is 6.11. The van der Waals surface area contributed by atoms with Gasteiger partial charge in [0.25, 0.3) is 5.91 Å². The van der Waals surface area contributed by atoms with Crippen LogP contribution in [0.5, 0.6) is 0 Å². The zero-order valence-corrected chi connectivity index (χ0v) is 12.4. The van der Waals surface area contributed by atoms with Crippen LogP contribution in [0.25, 0.3) is 0 Å². The summed E-state index contributed by atoms with van der Waals surface area (Å²) in [4.78, 5) is 14.7. The van der Waals surface area contributed by atoms with Crippen molar-refractivity contribution in [2.45, 2.75) is 33.2 Å². The van der Waals surface area contributed by atoms with Gasteiger partial charge in [-0.25, -0.2) is 0 Å². The van der Waals surface area contributed by atoms with E-state index in [2.05, 4.69) is 25.7 Å². The van der Waals surface area contributed by atoms with Crippen molar-refractivity contribution in [3.8, 4) is 11.8 Å². The molecule has 0 radical (unpaired) electrons. The van der Waals surface area contributed by atoms with Gasteiger partial charge in [0, 0.05) is 18.2 Å². The highest BCUT2D eigenvalue weighted by molar-refractivity contribution is 5.97. The molecule has 2 unspecified atom stereocenters. The average Bonchev–Trinajstić information content (AvgIpc) is 2.74. The lowest BCUT2D eigenvalue weighted by Gasteiger charge is -2.22. The summed E-state index contributed by atoms with van der Waals surface area (Å²) in [6, 6.07) is 6.10. The summed E-state index contributed by atoms with van der Waals surface area (Å²) in [6.45, 7) is 7.44. The number of nitrogens with zero attached hydrogens (tertiary/aromatic N) is 1. The fourth-order valence-corrected chi connectivity index (χ4v) is 2.83. The Hall–Kier alpha value is -1.79. The third kappa shape index (κ3) is 3.02. The van der Waals surface area contributed by atoms with Gasteiger partial charge in [-0.05, 0) is 43.9 Å². The summed E-state index contributed by atoms with van der Waals surface area (Å²) < 4.78 is 0. The van der Waals surface area contributed by atoms with Crippen molar-refractivity contribution in [3.63, 3.8) is 0 Å². The summed E-state index contributed by atoms with van der Waals surface area (Å²) >= 11 is 0. The predicted molar refractivity (Wildman–Crippen MR) is 81.4 cm³/mol. The van der Waals surface area contributed by atoms with E-state index in [4.69, 9.17) is 5.73 Å². The predicted octanol–water partition coefficient (Wildman–Crippen LogP) is 2.18. The first-order chi connectivity index (χ1) is 9.52. The Kier molecular flexibility index (Phi) is 4.46. The Morgan fingerprint density at radius 1 is 1.45 bits per heavy atom. The maximum Gasteiger partial charge on any atom is 0.255 e. The molecule has 106 valence electrons. The zero-order valence-electron chi connectivity index (χ0n) is 12.4. The van der Waals surface area contributed by atoms with Gasteiger partial charge in [0.2, 0.25) is 0 Å². The minimum absolute atomic E-state index is 0.0863. The molecule has 1 amide bonds. The largest absolute Gasteiger partial charge is 0.336 e. The number of hydrogen-bond acceptors (Lipinski definition) is 2. The van der Waals surface area contributed by atoms with Crippen LogP contribution in [-0.4, -0.2) is 29.9 Å². The van der Waals surface area contributed by atoms with E-state index in [-0.39, 0.29) is 5.91 Å². The van der Waals surface area contributed by atoms with E-state index in [9.17, 15) is 4.79 Å². The second-order valence-corrected chi connectivity index (χ2v) is 5.70. The van der Waals surface area contributed by atoms with E-state index >= 15 is 0 Å². The van der Waals surface area contributed by atoms with E-state index in [1.165, 1.54) is 0 Å². The summed E-state index contributed by atoms with van der Waals surface area (Å²) in [6.07, 6.45) is 1.07. The molecule has 0 spiro atoms. The number of rotatable bonds is 1. The third-order valence-corrected chi connectivity index (χ3v) is 3.78. The smallest absolute Gasteiger partial charge is 0.255 e. The molecule has 2 atom stereocenters. The maximum atomic E-state index is 12.7. The van der Waals surface area contributed by atoms with E-state index in [0.29, 0.717) is 24.1 Å². The van der Waals surface area contributed by atoms with Crippen LogP contribution in [0.15, 0.2) is 18.2 Å². The highest BCUT2D eigenvalue weighted by Crippen LogP contribution is 2.25. The minimum Gasteiger partial charge on any atom is -0.336 e. The van der Waals surface area contributed by atoms with Crippen molar-refractivity contribution in [1.82, 2.24) is 4.90 Å². The average molecular weight is 270 g/mol. The summed E-state index contributed by atoms with van der Waals surface area (Å²) in [5.74, 6) is 6.52. The lowest BCUT2D eigenvalue weighted by molar-refractivity contribution is 0.0743. The van der Waals surface area contributed by atoms with Crippen molar-refractivity contribution >= 4 is 5.91 Å². The van der Waals surface area contributed by atoms with Crippen molar-refractivity contribution in [1.29, 1.82) is 0 Å². The molecule has 0 saturated carbocycles. The molecule has 1 aliphatic heterocycles. The van der Waals surface area contributed by atoms with Crippen LogP contribution < -0.4 is 5.73 Å². The van der Waals surface area contributed by atoms with Crippen LogP contribution in [0.2, 0.25) is 0 Å². The lowest BCUT2D eigenvalue weighted by atomic mass is 10.0. The van der Waals surface area contributed by atoms with Gasteiger partial charge in [0.1, 0.15) is 0 Å². The molecule has 2 N–H and O–H groups in total. The molecule has 0 aliphatic carbocycles. The SMILES string of the molecule is Cc1ccc(C(=O)N2CC(C)CC2C)c(C#CCN)c1. The number of carbonyl (C=O) groups excluding carboxylic acids is 1. The van der Waals surface area contributed by atoms with Gasteiger partial charge in [-0.1, -0.05) is 24.8 Å². The number of likely N-dealkylation sites (tertiary alicyclic amines) is 1. The Bertz CT molecular complexity index is 568. The van der Waals surface area contributed by atoms with Crippen LogP contribution >= 0.6 is 0 Å². The standard InChI is InChI=1S/C17H22N2O/c1-12-6-7-16(15(10-12)5-4-8-18)17(20)19-11-13(2)9-14(19)3/h6-7,10,13-14H,8-9,11,18H2,1-3H3. The normalized spacial score (nSPS) is 21.5. The Labute approximate surface area is 121 Å². The number of carbonyl (C=O) groups is 1. The van der Waals surface area contributed by atoms with Gasteiger partial charge in [-0.2, -0.15) is 0 Å². The molecule has 1 saturated heterocycles. The van der Waals surface area contributed by atoms with Crippen LogP contribution in [0.4, 0.5) is 0 Å². The molecule has 1 heterocycles. The number of amides is 1. The van der Waals surface area contributed by atoms with Crippen molar-refractivity contribution in [3.05, 3.63) is 34.9 Å². The first-order valence-corrected chi connectivity index (χ1v) is 7.13. The van der Waals surface area contributed by atoms with Crippen LogP contribution in [0, 0.1) is 24.7 Å². The van der Waals surface area contributed by atoms with Crippen molar-refractivity contribution in [2.24, 2.45) is 11.7 Å². The Morgan fingerprint density at radius 3 is 2.80 bits per heavy atom. The van der Waals surface area contributed by atoms with E-state index in [1.807, 2.05) is 30.0 Å². The highest BCUT2D eigenvalue weighted by atomic mass is 16.2. The lowest BCUT2D eigenvalue weighted by Crippen LogP contribution is -2.34. The molecule has 1 fully saturated rings. The summed E-state index contributed by atoms with van der Waals surface area (Å²) in [5.41, 5.74) is 8.01. The molecule has 3 nitrogen and oxygen atoms in total. The first kappa shape index (κ1) is 14.6. The van der Waals surface area contributed by atoms with E-state index in [0.717, 1.165) is 24.1 Å². The maximum absolute atomic E-state index is 12.7. The molecule has 1 aromatic rings. The van der Waals surface area contributed by atoms with Gasteiger partial charge in [0.05, 0.1) is 12.1 Å². The Balaban J connectivity index is 2.34. The molecule has 20 heavy (non-hydrogen) atoms. The number of aryl methyl sites for hydroxylation is 1. The molecule has 1 aromatic carbocycles. The monoisotopic (exact) mass is 270 g/mol. The molecule has 3 heteroatoms. The van der Waals surface area contributed by atoms with Gasteiger partial charge in [-0.3, -0.25) is 4.79 Å². The number of hydrogen-bond donors (Lipinski definition) is 1.